The summed E-state index contributed by atoms with van der Waals surface area (Å²) in [5.41, 5.74) is 1.03. The first-order valence-corrected chi connectivity index (χ1v) is 12.3. The quantitative estimate of drug-likeness (QED) is 0.451. The van der Waals surface area contributed by atoms with Gasteiger partial charge in [0.25, 0.3) is 0 Å². The monoisotopic (exact) mass is 507 g/mol. The van der Waals surface area contributed by atoms with Crippen LogP contribution in [-0.2, 0) is 20.9 Å². The van der Waals surface area contributed by atoms with Crippen LogP contribution < -0.4 is 15.4 Å². The molecule has 0 radical (unpaired) electrons. The summed E-state index contributed by atoms with van der Waals surface area (Å²) in [7, 11) is 0. The Balaban J connectivity index is 1.38. The number of hydrogen-bond donors (Lipinski definition) is 3. The number of carbonyl (C=O) groups is 3. The molecule has 0 aliphatic carbocycles. The van der Waals surface area contributed by atoms with E-state index in [1.165, 1.54) is 4.90 Å². The third kappa shape index (κ3) is 6.78. The highest BCUT2D eigenvalue weighted by molar-refractivity contribution is 5.91. The minimum atomic E-state index is -0.833. The highest BCUT2D eigenvalue weighted by atomic mass is 16.6. The van der Waals surface area contributed by atoms with Gasteiger partial charge in [-0.2, -0.15) is 0 Å². The van der Waals surface area contributed by atoms with E-state index in [1.54, 1.807) is 40.1 Å². The van der Waals surface area contributed by atoms with Crippen molar-refractivity contribution >= 4 is 28.8 Å². The Hall–Kier alpha value is -4.08. The molecule has 1 unspecified atom stereocenters. The molecule has 3 heterocycles. The lowest BCUT2D eigenvalue weighted by molar-refractivity contribution is -0.131. The number of rotatable bonds is 7. The molecule has 0 spiro atoms. The number of pyridine rings is 1. The van der Waals surface area contributed by atoms with Crippen LogP contribution in [0, 0.1) is 0 Å². The van der Waals surface area contributed by atoms with Crippen molar-refractivity contribution < 1.29 is 23.9 Å². The van der Waals surface area contributed by atoms with Crippen molar-refractivity contribution in [2.75, 3.05) is 6.54 Å². The number of nitrogens with one attached hydrogen (secondary N) is 3. The highest BCUT2D eigenvalue weighted by Crippen LogP contribution is 2.25. The van der Waals surface area contributed by atoms with Crippen LogP contribution in [-0.4, -0.2) is 63.1 Å². The van der Waals surface area contributed by atoms with Gasteiger partial charge in [0.05, 0.1) is 13.1 Å². The normalized spacial score (nSPS) is 18.3. The van der Waals surface area contributed by atoms with Gasteiger partial charge in [0.15, 0.2) is 0 Å². The number of hydrogen-bond acceptors (Lipinski definition) is 6. The average Bonchev–Trinajstić information content (AvgIpc) is 3.46. The average molecular weight is 508 g/mol. The molecule has 196 valence electrons. The summed E-state index contributed by atoms with van der Waals surface area (Å²) in [5.74, 6) is -0.133. The first kappa shape index (κ1) is 26.0. The van der Waals surface area contributed by atoms with E-state index in [2.05, 4.69) is 20.6 Å². The topological polar surface area (TPSA) is 126 Å². The second-order valence-electron chi connectivity index (χ2n) is 10.1. The van der Waals surface area contributed by atoms with Gasteiger partial charge in [-0.25, -0.2) is 4.79 Å². The SMILES string of the molecule is C[C@H](NC(=O)C1C[C@H](Oc2ccccc2)CN1C(=O)OC(C)(C)C)C(=O)NCc1cc2cnccc2[nH]1. The molecule has 1 aliphatic rings. The van der Waals surface area contributed by atoms with Crippen molar-refractivity contribution in [3.05, 3.63) is 60.6 Å². The Kier molecular flexibility index (Phi) is 7.66. The molecule has 1 aliphatic heterocycles. The van der Waals surface area contributed by atoms with E-state index in [-0.39, 0.29) is 25.4 Å². The molecular weight excluding hydrogens is 474 g/mol. The molecule has 2 aromatic heterocycles. The fourth-order valence-corrected chi connectivity index (χ4v) is 4.18. The van der Waals surface area contributed by atoms with Gasteiger partial charge in [-0.15, -0.1) is 0 Å². The molecule has 37 heavy (non-hydrogen) atoms. The smallest absolute Gasteiger partial charge is 0.411 e. The summed E-state index contributed by atoms with van der Waals surface area (Å²) < 4.78 is 11.5. The van der Waals surface area contributed by atoms with Gasteiger partial charge in [-0.3, -0.25) is 19.5 Å². The van der Waals surface area contributed by atoms with Gasteiger partial charge in [-0.05, 0) is 52.0 Å². The van der Waals surface area contributed by atoms with Gasteiger partial charge in [-0.1, -0.05) is 18.2 Å². The Labute approximate surface area is 215 Å². The number of para-hydroxylation sites is 1. The molecule has 0 saturated carbocycles. The third-order valence-corrected chi connectivity index (χ3v) is 5.92. The maximum absolute atomic E-state index is 13.2. The fourth-order valence-electron chi connectivity index (χ4n) is 4.18. The molecule has 3 atom stereocenters. The van der Waals surface area contributed by atoms with Crippen molar-refractivity contribution in [2.24, 2.45) is 0 Å². The number of likely N-dealkylation sites (tertiary alicyclic amines) is 1. The van der Waals surface area contributed by atoms with Crippen LogP contribution in [0.4, 0.5) is 4.79 Å². The minimum absolute atomic E-state index is 0.192. The summed E-state index contributed by atoms with van der Waals surface area (Å²) in [4.78, 5) is 47.5. The van der Waals surface area contributed by atoms with Crippen molar-refractivity contribution in [2.45, 2.75) is 64.4 Å². The molecule has 1 aromatic carbocycles. The van der Waals surface area contributed by atoms with Crippen molar-refractivity contribution in [3.8, 4) is 5.75 Å². The molecule has 3 N–H and O–H groups in total. The molecule has 0 bridgehead atoms. The first-order chi connectivity index (χ1) is 17.6. The number of amides is 3. The van der Waals surface area contributed by atoms with Crippen molar-refractivity contribution in [1.29, 1.82) is 0 Å². The molecule has 4 rings (SSSR count). The van der Waals surface area contributed by atoms with Crippen molar-refractivity contribution in [1.82, 2.24) is 25.5 Å². The van der Waals surface area contributed by atoms with E-state index >= 15 is 0 Å². The number of H-pyrrole nitrogens is 1. The standard InChI is InChI=1S/C27H33N5O5/c1-17(24(33)29-15-19-12-18-14-28-11-10-22(18)31-19)30-25(34)23-13-21(36-20-8-6-5-7-9-20)16-32(23)26(35)37-27(2,3)4/h5-12,14,17,21,23,31H,13,15-16H2,1-4H3,(H,29,33)(H,30,34)/t17-,21-,23?/m0/s1. The van der Waals surface area contributed by atoms with Crippen LogP contribution in [0.25, 0.3) is 10.9 Å². The lowest BCUT2D eigenvalue weighted by atomic mass is 10.1. The first-order valence-electron chi connectivity index (χ1n) is 12.3. The summed E-state index contributed by atoms with van der Waals surface area (Å²) >= 11 is 0. The van der Waals surface area contributed by atoms with Gasteiger partial charge < -0.3 is 25.1 Å². The zero-order chi connectivity index (χ0) is 26.6. The molecule has 10 heteroatoms. The lowest BCUT2D eigenvalue weighted by Crippen LogP contribution is -2.52. The van der Waals surface area contributed by atoms with E-state index < -0.39 is 35.8 Å². The van der Waals surface area contributed by atoms with E-state index in [1.807, 2.05) is 42.5 Å². The lowest BCUT2D eigenvalue weighted by Gasteiger charge is -2.28. The van der Waals surface area contributed by atoms with E-state index in [0.29, 0.717) is 5.75 Å². The molecular formula is C27H33N5O5. The van der Waals surface area contributed by atoms with Gasteiger partial charge in [0.2, 0.25) is 11.8 Å². The summed E-state index contributed by atoms with van der Waals surface area (Å²) in [6.45, 7) is 7.37. The van der Waals surface area contributed by atoms with E-state index in [4.69, 9.17) is 9.47 Å². The highest BCUT2D eigenvalue weighted by Gasteiger charge is 2.43. The maximum atomic E-state index is 13.2. The number of benzene rings is 1. The number of aromatic amines is 1. The Morgan fingerprint density at radius 2 is 1.95 bits per heavy atom. The van der Waals surface area contributed by atoms with Gasteiger partial charge >= 0.3 is 6.09 Å². The Bertz CT molecular complexity index is 1220. The summed E-state index contributed by atoms with van der Waals surface area (Å²) in [5, 5.41) is 6.52. The second kappa shape index (κ2) is 10.9. The number of aromatic nitrogens is 2. The predicted octanol–water partition coefficient (Wildman–Crippen LogP) is 3.14. The van der Waals surface area contributed by atoms with E-state index in [9.17, 15) is 14.4 Å². The number of ether oxygens (including phenoxy) is 2. The van der Waals surface area contributed by atoms with Crippen LogP contribution in [0.15, 0.2) is 54.9 Å². The molecule has 3 amide bonds. The van der Waals surface area contributed by atoms with Crippen LogP contribution in [0.1, 0.15) is 39.8 Å². The second-order valence-corrected chi connectivity index (χ2v) is 10.1. The Morgan fingerprint density at radius 3 is 2.65 bits per heavy atom. The number of nitrogens with zero attached hydrogens (tertiary/aromatic N) is 2. The predicted molar refractivity (Wildman–Crippen MR) is 138 cm³/mol. The van der Waals surface area contributed by atoms with Crippen LogP contribution in [0.5, 0.6) is 5.75 Å². The molecule has 1 saturated heterocycles. The maximum Gasteiger partial charge on any atom is 0.411 e. The Morgan fingerprint density at radius 1 is 1.19 bits per heavy atom. The fraction of sp³-hybridized carbons (Fsp3) is 0.407. The summed E-state index contributed by atoms with van der Waals surface area (Å²) in [6, 6.07) is 11.4. The van der Waals surface area contributed by atoms with Gasteiger partial charge in [0, 0.05) is 35.4 Å². The number of fused-ring (bicyclic) bond motifs is 1. The number of carbonyl (C=O) groups excluding carboxylic acids is 3. The zero-order valence-electron chi connectivity index (χ0n) is 21.5. The molecule has 1 fully saturated rings. The molecule has 10 nitrogen and oxygen atoms in total. The van der Waals surface area contributed by atoms with Crippen LogP contribution in [0.3, 0.4) is 0 Å². The molecule has 3 aromatic rings. The van der Waals surface area contributed by atoms with Crippen LogP contribution in [0.2, 0.25) is 0 Å². The summed E-state index contributed by atoms with van der Waals surface area (Å²) in [6.07, 6.45) is 2.71. The van der Waals surface area contributed by atoms with Gasteiger partial charge in [0.1, 0.15) is 29.5 Å². The largest absolute Gasteiger partial charge is 0.488 e. The van der Waals surface area contributed by atoms with Crippen molar-refractivity contribution in [3.63, 3.8) is 0 Å². The minimum Gasteiger partial charge on any atom is -0.488 e. The third-order valence-electron chi connectivity index (χ3n) is 5.92. The zero-order valence-corrected chi connectivity index (χ0v) is 21.5. The van der Waals surface area contributed by atoms with Crippen LogP contribution >= 0.6 is 0 Å². The van der Waals surface area contributed by atoms with E-state index in [0.717, 1.165) is 16.6 Å².